The molecule has 25 heavy (non-hydrogen) atoms. The molecule has 5 heteroatoms. The van der Waals surface area contributed by atoms with Crippen molar-refractivity contribution in [3.8, 4) is 0 Å². The number of hydrogen-bond acceptors (Lipinski definition) is 3. The van der Waals surface area contributed by atoms with Crippen LogP contribution in [0.4, 0.5) is 11.4 Å². The fourth-order valence-electron chi connectivity index (χ4n) is 2.70. The average molecular weight is 334 g/mol. The minimum atomic E-state index is -0.163. The number of benzene rings is 2. The number of anilines is 2. The SMILES string of the molecule is Cc1ccccc1CNc1ccc(NC(=O)c2ccnn2C)c(C)c1. The molecule has 0 spiro atoms. The molecule has 0 aliphatic rings. The van der Waals surface area contributed by atoms with Crippen LogP contribution in [0.15, 0.2) is 54.7 Å². The maximum atomic E-state index is 12.3. The number of nitrogens with zero attached hydrogens (tertiary/aromatic N) is 2. The molecule has 5 nitrogen and oxygen atoms in total. The number of carbonyl (C=O) groups excluding carboxylic acids is 1. The summed E-state index contributed by atoms with van der Waals surface area (Å²) in [7, 11) is 1.75. The number of aryl methyl sites for hydroxylation is 3. The molecule has 1 heterocycles. The van der Waals surface area contributed by atoms with Crippen LogP contribution in [0, 0.1) is 13.8 Å². The zero-order valence-electron chi connectivity index (χ0n) is 14.7. The molecular formula is C20H22N4O. The van der Waals surface area contributed by atoms with Crippen LogP contribution < -0.4 is 10.6 Å². The number of aromatic nitrogens is 2. The average Bonchev–Trinajstić information content (AvgIpc) is 3.02. The zero-order valence-corrected chi connectivity index (χ0v) is 14.7. The van der Waals surface area contributed by atoms with E-state index in [1.807, 2.05) is 37.3 Å². The van der Waals surface area contributed by atoms with E-state index in [-0.39, 0.29) is 5.91 Å². The van der Waals surface area contributed by atoms with Crippen molar-refractivity contribution >= 4 is 17.3 Å². The second-order valence-corrected chi connectivity index (χ2v) is 6.10. The monoisotopic (exact) mass is 334 g/mol. The van der Waals surface area contributed by atoms with E-state index in [1.165, 1.54) is 11.1 Å². The summed E-state index contributed by atoms with van der Waals surface area (Å²) in [5, 5.41) is 10.4. The van der Waals surface area contributed by atoms with Crippen LogP contribution in [0.3, 0.4) is 0 Å². The standard InChI is InChI=1S/C20H22N4O/c1-14-6-4-5-7-16(14)13-21-17-8-9-18(15(2)12-17)23-20(25)19-10-11-22-24(19)3/h4-12,21H,13H2,1-3H3,(H,23,25). The Balaban J connectivity index is 1.68. The van der Waals surface area contributed by atoms with Gasteiger partial charge in [-0.05, 0) is 54.8 Å². The lowest BCUT2D eigenvalue weighted by Crippen LogP contribution is -2.16. The van der Waals surface area contributed by atoms with E-state index in [0.29, 0.717) is 5.69 Å². The summed E-state index contributed by atoms with van der Waals surface area (Å²) in [6, 6.07) is 16.0. The van der Waals surface area contributed by atoms with Crippen molar-refractivity contribution in [2.24, 2.45) is 7.05 Å². The maximum Gasteiger partial charge on any atom is 0.273 e. The van der Waals surface area contributed by atoms with Crippen molar-refractivity contribution in [1.82, 2.24) is 9.78 Å². The minimum Gasteiger partial charge on any atom is -0.381 e. The highest BCUT2D eigenvalue weighted by molar-refractivity contribution is 6.03. The molecule has 0 radical (unpaired) electrons. The Morgan fingerprint density at radius 2 is 1.88 bits per heavy atom. The second kappa shape index (κ2) is 7.21. The van der Waals surface area contributed by atoms with E-state index in [1.54, 1.807) is 24.0 Å². The Morgan fingerprint density at radius 3 is 2.56 bits per heavy atom. The van der Waals surface area contributed by atoms with E-state index in [2.05, 4.69) is 34.8 Å². The van der Waals surface area contributed by atoms with Gasteiger partial charge < -0.3 is 10.6 Å². The van der Waals surface area contributed by atoms with Crippen molar-refractivity contribution in [2.45, 2.75) is 20.4 Å². The molecule has 0 saturated heterocycles. The van der Waals surface area contributed by atoms with Gasteiger partial charge in [-0.1, -0.05) is 24.3 Å². The molecule has 0 aliphatic carbocycles. The molecule has 128 valence electrons. The lowest BCUT2D eigenvalue weighted by Gasteiger charge is -2.13. The van der Waals surface area contributed by atoms with Crippen LogP contribution in [0.25, 0.3) is 0 Å². The van der Waals surface area contributed by atoms with Gasteiger partial charge in [0.1, 0.15) is 5.69 Å². The number of nitrogens with one attached hydrogen (secondary N) is 2. The van der Waals surface area contributed by atoms with Crippen LogP contribution in [0.5, 0.6) is 0 Å². The molecule has 3 rings (SSSR count). The van der Waals surface area contributed by atoms with Crippen molar-refractivity contribution in [2.75, 3.05) is 10.6 Å². The highest BCUT2D eigenvalue weighted by Crippen LogP contribution is 2.21. The fraction of sp³-hybridized carbons (Fsp3) is 0.200. The van der Waals surface area contributed by atoms with Crippen LogP contribution >= 0.6 is 0 Å². The highest BCUT2D eigenvalue weighted by atomic mass is 16.2. The van der Waals surface area contributed by atoms with Gasteiger partial charge in [0.2, 0.25) is 0 Å². The molecule has 1 amide bonds. The Morgan fingerprint density at radius 1 is 1.08 bits per heavy atom. The first-order valence-corrected chi connectivity index (χ1v) is 8.23. The predicted molar refractivity (Wildman–Crippen MR) is 101 cm³/mol. The summed E-state index contributed by atoms with van der Waals surface area (Å²) in [6.07, 6.45) is 1.61. The maximum absolute atomic E-state index is 12.3. The first-order chi connectivity index (χ1) is 12.0. The lowest BCUT2D eigenvalue weighted by molar-refractivity contribution is 0.101. The van der Waals surface area contributed by atoms with Crippen LogP contribution in [0.2, 0.25) is 0 Å². The molecule has 2 N–H and O–H groups in total. The van der Waals surface area contributed by atoms with Crippen LogP contribution in [-0.2, 0) is 13.6 Å². The minimum absolute atomic E-state index is 0.163. The van der Waals surface area contributed by atoms with Gasteiger partial charge in [0.15, 0.2) is 0 Å². The van der Waals surface area contributed by atoms with E-state index in [9.17, 15) is 4.79 Å². The van der Waals surface area contributed by atoms with Gasteiger partial charge in [-0.2, -0.15) is 5.10 Å². The van der Waals surface area contributed by atoms with Crippen LogP contribution in [-0.4, -0.2) is 15.7 Å². The predicted octanol–water partition coefficient (Wildman–Crippen LogP) is 3.90. The van der Waals surface area contributed by atoms with E-state index < -0.39 is 0 Å². The Kier molecular flexibility index (Phi) is 4.84. The molecule has 0 unspecified atom stereocenters. The summed E-state index contributed by atoms with van der Waals surface area (Å²) in [4.78, 5) is 12.3. The van der Waals surface area contributed by atoms with Crippen molar-refractivity contribution in [1.29, 1.82) is 0 Å². The van der Waals surface area contributed by atoms with E-state index in [4.69, 9.17) is 0 Å². The lowest BCUT2D eigenvalue weighted by atomic mass is 10.1. The number of carbonyl (C=O) groups is 1. The number of hydrogen-bond donors (Lipinski definition) is 2. The van der Waals surface area contributed by atoms with Gasteiger partial charge in [-0.3, -0.25) is 9.48 Å². The van der Waals surface area contributed by atoms with Crippen molar-refractivity contribution < 1.29 is 4.79 Å². The third-order valence-electron chi connectivity index (χ3n) is 4.27. The van der Waals surface area contributed by atoms with E-state index >= 15 is 0 Å². The Bertz CT molecular complexity index is 898. The smallest absolute Gasteiger partial charge is 0.273 e. The van der Waals surface area contributed by atoms with Gasteiger partial charge in [0.25, 0.3) is 5.91 Å². The molecule has 0 atom stereocenters. The number of rotatable bonds is 5. The zero-order chi connectivity index (χ0) is 17.8. The highest BCUT2D eigenvalue weighted by Gasteiger charge is 2.11. The largest absolute Gasteiger partial charge is 0.381 e. The third kappa shape index (κ3) is 3.88. The molecular weight excluding hydrogens is 312 g/mol. The van der Waals surface area contributed by atoms with Gasteiger partial charge in [-0.25, -0.2) is 0 Å². The molecule has 0 aliphatic heterocycles. The molecule has 0 bridgehead atoms. The Hall–Kier alpha value is -3.08. The topological polar surface area (TPSA) is 58.9 Å². The first kappa shape index (κ1) is 16.8. The normalized spacial score (nSPS) is 10.5. The summed E-state index contributed by atoms with van der Waals surface area (Å²) in [5.74, 6) is -0.163. The van der Waals surface area contributed by atoms with Crippen molar-refractivity contribution in [3.05, 3.63) is 77.1 Å². The summed E-state index contributed by atoms with van der Waals surface area (Å²) < 4.78 is 1.56. The van der Waals surface area contributed by atoms with Gasteiger partial charge in [0.05, 0.1) is 0 Å². The van der Waals surface area contributed by atoms with E-state index in [0.717, 1.165) is 23.5 Å². The fourth-order valence-corrected chi connectivity index (χ4v) is 2.70. The quantitative estimate of drug-likeness (QED) is 0.744. The summed E-state index contributed by atoms with van der Waals surface area (Å²) >= 11 is 0. The summed E-state index contributed by atoms with van der Waals surface area (Å²) in [5.41, 5.74) is 5.90. The van der Waals surface area contributed by atoms with Crippen molar-refractivity contribution in [3.63, 3.8) is 0 Å². The number of amides is 1. The molecule has 1 aromatic heterocycles. The van der Waals surface area contributed by atoms with Gasteiger partial charge >= 0.3 is 0 Å². The molecule has 0 saturated carbocycles. The third-order valence-corrected chi connectivity index (χ3v) is 4.27. The summed E-state index contributed by atoms with van der Waals surface area (Å²) in [6.45, 7) is 4.87. The molecule has 2 aromatic carbocycles. The van der Waals surface area contributed by atoms with Gasteiger partial charge in [0, 0.05) is 31.2 Å². The molecule has 3 aromatic rings. The van der Waals surface area contributed by atoms with Crippen LogP contribution in [0.1, 0.15) is 27.2 Å². The molecule has 0 fully saturated rings. The Labute approximate surface area is 147 Å². The first-order valence-electron chi connectivity index (χ1n) is 8.23. The second-order valence-electron chi connectivity index (χ2n) is 6.10. The van der Waals surface area contributed by atoms with Gasteiger partial charge in [-0.15, -0.1) is 0 Å².